The fraction of sp³-hybridized carbons (Fsp3) is 0.263. The molecule has 25 heavy (non-hydrogen) atoms. The highest BCUT2D eigenvalue weighted by Crippen LogP contribution is 2.20. The van der Waals surface area contributed by atoms with Crippen LogP contribution in [0.2, 0.25) is 5.02 Å². The van der Waals surface area contributed by atoms with E-state index in [0.29, 0.717) is 17.3 Å². The first-order chi connectivity index (χ1) is 12.0. The van der Waals surface area contributed by atoms with Crippen molar-refractivity contribution in [3.8, 4) is 5.75 Å². The molecule has 132 valence electrons. The Balaban J connectivity index is 1.70. The van der Waals surface area contributed by atoms with Gasteiger partial charge in [0.1, 0.15) is 5.75 Å². The number of amides is 1. The van der Waals surface area contributed by atoms with Crippen LogP contribution in [0.3, 0.4) is 0 Å². The molecule has 0 fully saturated rings. The van der Waals surface area contributed by atoms with E-state index in [9.17, 15) is 9.59 Å². The monoisotopic (exact) mass is 361 g/mol. The van der Waals surface area contributed by atoms with E-state index in [4.69, 9.17) is 21.1 Å². The maximum Gasteiger partial charge on any atom is 0.344 e. The van der Waals surface area contributed by atoms with Gasteiger partial charge in [-0.1, -0.05) is 35.9 Å². The first kappa shape index (κ1) is 18.8. The van der Waals surface area contributed by atoms with Gasteiger partial charge in [-0.15, -0.1) is 0 Å². The number of carbonyl (C=O) groups is 2. The Kier molecular flexibility index (Phi) is 6.83. The highest BCUT2D eigenvalue weighted by Gasteiger charge is 2.10. The normalized spacial score (nSPS) is 10.2. The van der Waals surface area contributed by atoms with Crippen molar-refractivity contribution in [2.75, 3.05) is 13.2 Å². The van der Waals surface area contributed by atoms with Crippen LogP contribution in [0.15, 0.2) is 42.5 Å². The minimum absolute atomic E-state index is 0.244. The molecule has 0 saturated carbocycles. The fourth-order valence-electron chi connectivity index (χ4n) is 2.10. The van der Waals surface area contributed by atoms with Gasteiger partial charge in [0.25, 0.3) is 5.91 Å². The van der Waals surface area contributed by atoms with Crippen molar-refractivity contribution >= 4 is 23.5 Å². The van der Waals surface area contributed by atoms with Crippen LogP contribution in [0.5, 0.6) is 5.75 Å². The number of carbonyl (C=O) groups excluding carboxylic acids is 2. The Morgan fingerprint density at radius 3 is 2.60 bits per heavy atom. The molecule has 0 heterocycles. The molecule has 0 aromatic heterocycles. The maximum atomic E-state index is 11.7. The van der Waals surface area contributed by atoms with Gasteiger partial charge in [-0.2, -0.15) is 0 Å². The van der Waals surface area contributed by atoms with E-state index < -0.39 is 5.97 Å². The van der Waals surface area contributed by atoms with Crippen molar-refractivity contribution in [3.63, 3.8) is 0 Å². The number of esters is 1. The fourth-order valence-corrected chi connectivity index (χ4v) is 2.32. The molecule has 2 rings (SSSR count). The van der Waals surface area contributed by atoms with Gasteiger partial charge in [0.2, 0.25) is 0 Å². The lowest BCUT2D eigenvalue weighted by Gasteiger charge is -2.11. The van der Waals surface area contributed by atoms with Gasteiger partial charge in [-0.05, 0) is 48.7 Å². The summed E-state index contributed by atoms with van der Waals surface area (Å²) in [6.45, 7) is 3.60. The van der Waals surface area contributed by atoms with Crippen molar-refractivity contribution in [1.82, 2.24) is 5.32 Å². The van der Waals surface area contributed by atoms with E-state index in [1.807, 2.05) is 32.0 Å². The number of benzene rings is 2. The average molecular weight is 362 g/mol. The standard InChI is InChI=1S/C19H20ClNO4/c1-13-5-3-8-17(14(13)2)24-12-19(23)25-11-18(22)21-10-15-6-4-7-16(20)9-15/h3-9H,10-12H2,1-2H3,(H,21,22). The molecule has 1 amide bonds. The first-order valence-electron chi connectivity index (χ1n) is 7.81. The van der Waals surface area contributed by atoms with Gasteiger partial charge >= 0.3 is 5.97 Å². The maximum absolute atomic E-state index is 11.7. The summed E-state index contributed by atoms with van der Waals surface area (Å²) < 4.78 is 10.3. The number of aryl methyl sites for hydroxylation is 1. The molecule has 0 atom stereocenters. The molecule has 2 aromatic carbocycles. The summed E-state index contributed by atoms with van der Waals surface area (Å²) in [4.78, 5) is 23.4. The van der Waals surface area contributed by atoms with Crippen LogP contribution in [0.1, 0.15) is 16.7 Å². The van der Waals surface area contributed by atoms with E-state index >= 15 is 0 Å². The molecule has 0 saturated heterocycles. The Bertz CT molecular complexity index is 761. The van der Waals surface area contributed by atoms with Crippen molar-refractivity contribution in [3.05, 3.63) is 64.2 Å². The van der Waals surface area contributed by atoms with Crippen LogP contribution in [0, 0.1) is 13.8 Å². The van der Waals surface area contributed by atoms with Crippen LogP contribution in [-0.4, -0.2) is 25.1 Å². The molecule has 6 heteroatoms. The molecule has 5 nitrogen and oxygen atoms in total. The number of ether oxygens (including phenoxy) is 2. The molecular formula is C19H20ClNO4. The second-order valence-electron chi connectivity index (χ2n) is 5.55. The molecular weight excluding hydrogens is 342 g/mol. The minimum Gasteiger partial charge on any atom is -0.482 e. The average Bonchev–Trinajstić information content (AvgIpc) is 2.59. The first-order valence-corrected chi connectivity index (χ1v) is 8.19. The molecule has 2 aromatic rings. The van der Waals surface area contributed by atoms with E-state index in [2.05, 4.69) is 5.32 Å². The molecule has 0 aliphatic heterocycles. The van der Waals surface area contributed by atoms with Crippen molar-refractivity contribution in [2.24, 2.45) is 0 Å². The summed E-state index contributed by atoms with van der Waals surface area (Å²) in [6.07, 6.45) is 0. The zero-order valence-electron chi connectivity index (χ0n) is 14.2. The zero-order chi connectivity index (χ0) is 18.2. The van der Waals surface area contributed by atoms with Crippen LogP contribution < -0.4 is 10.1 Å². The number of hydrogen-bond donors (Lipinski definition) is 1. The SMILES string of the molecule is Cc1cccc(OCC(=O)OCC(=O)NCc2cccc(Cl)c2)c1C. The molecule has 0 spiro atoms. The predicted octanol–water partition coefficient (Wildman–Crippen LogP) is 3.20. The van der Waals surface area contributed by atoms with E-state index in [0.717, 1.165) is 16.7 Å². The number of nitrogens with one attached hydrogen (secondary N) is 1. The van der Waals surface area contributed by atoms with Crippen LogP contribution in [0.4, 0.5) is 0 Å². The zero-order valence-corrected chi connectivity index (χ0v) is 14.9. The number of halogens is 1. The number of hydrogen-bond acceptors (Lipinski definition) is 4. The largest absolute Gasteiger partial charge is 0.482 e. The van der Waals surface area contributed by atoms with E-state index in [-0.39, 0.29) is 19.1 Å². The third-order valence-electron chi connectivity index (χ3n) is 3.64. The van der Waals surface area contributed by atoms with Gasteiger partial charge in [0.05, 0.1) is 0 Å². The van der Waals surface area contributed by atoms with Crippen LogP contribution >= 0.6 is 11.6 Å². The molecule has 0 aliphatic rings. The molecule has 0 radical (unpaired) electrons. The van der Waals surface area contributed by atoms with Gasteiger partial charge in [0, 0.05) is 11.6 Å². The predicted molar refractivity (Wildman–Crippen MR) is 95.7 cm³/mol. The highest BCUT2D eigenvalue weighted by molar-refractivity contribution is 6.30. The Morgan fingerprint density at radius 1 is 1.08 bits per heavy atom. The third-order valence-corrected chi connectivity index (χ3v) is 3.88. The quantitative estimate of drug-likeness (QED) is 0.769. The summed E-state index contributed by atoms with van der Waals surface area (Å²) in [6, 6.07) is 12.8. The molecule has 0 aliphatic carbocycles. The Labute approximate surface area is 151 Å². The Morgan fingerprint density at radius 2 is 1.84 bits per heavy atom. The molecule has 1 N–H and O–H groups in total. The lowest BCUT2D eigenvalue weighted by molar-refractivity contribution is -0.150. The lowest BCUT2D eigenvalue weighted by Crippen LogP contribution is -2.29. The third kappa shape index (κ3) is 6.12. The van der Waals surface area contributed by atoms with Crippen molar-refractivity contribution in [1.29, 1.82) is 0 Å². The van der Waals surface area contributed by atoms with E-state index in [1.165, 1.54) is 0 Å². The summed E-state index contributed by atoms with van der Waals surface area (Å²) in [5.74, 6) is -0.360. The second-order valence-corrected chi connectivity index (χ2v) is 5.99. The van der Waals surface area contributed by atoms with Crippen LogP contribution in [-0.2, 0) is 20.9 Å². The summed E-state index contributed by atoms with van der Waals surface area (Å²) >= 11 is 5.87. The minimum atomic E-state index is -0.598. The van der Waals surface area contributed by atoms with Crippen LogP contribution in [0.25, 0.3) is 0 Å². The van der Waals surface area contributed by atoms with Gasteiger partial charge in [0.15, 0.2) is 13.2 Å². The Hall–Kier alpha value is -2.53. The van der Waals surface area contributed by atoms with Gasteiger partial charge < -0.3 is 14.8 Å². The van der Waals surface area contributed by atoms with Crippen molar-refractivity contribution < 1.29 is 19.1 Å². The summed E-state index contributed by atoms with van der Waals surface area (Å²) in [5, 5.41) is 3.26. The molecule has 0 unspecified atom stereocenters. The van der Waals surface area contributed by atoms with Gasteiger partial charge in [-0.25, -0.2) is 4.79 Å². The lowest BCUT2D eigenvalue weighted by atomic mass is 10.1. The van der Waals surface area contributed by atoms with Gasteiger partial charge in [-0.3, -0.25) is 4.79 Å². The summed E-state index contributed by atoms with van der Waals surface area (Å²) in [7, 11) is 0. The number of rotatable bonds is 7. The highest BCUT2D eigenvalue weighted by atomic mass is 35.5. The van der Waals surface area contributed by atoms with Crippen molar-refractivity contribution in [2.45, 2.75) is 20.4 Å². The smallest absolute Gasteiger partial charge is 0.344 e. The summed E-state index contributed by atoms with van der Waals surface area (Å²) in [5.41, 5.74) is 2.91. The topological polar surface area (TPSA) is 64.6 Å². The van der Waals surface area contributed by atoms with E-state index in [1.54, 1.807) is 24.3 Å². The second kappa shape index (κ2) is 9.08. The molecule has 0 bridgehead atoms.